The maximum absolute atomic E-state index is 13.7. The van der Waals surface area contributed by atoms with Crippen LogP contribution in [-0.2, 0) is 11.3 Å². The summed E-state index contributed by atoms with van der Waals surface area (Å²) in [7, 11) is 2.03. The number of carboxylic acids is 1. The minimum absolute atomic E-state index is 0.0764. The van der Waals surface area contributed by atoms with E-state index in [2.05, 4.69) is 29.6 Å². The molecule has 4 rings (SSSR count). The van der Waals surface area contributed by atoms with Crippen molar-refractivity contribution in [1.29, 1.82) is 0 Å². The summed E-state index contributed by atoms with van der Waals surface area (Å²) in [6.07, 6.45) is 3.75. The number of quaternary nitrogens is 1. The normalized spacial score (nSPS) is 22.8. The van der Waals surface area contributed by atoms with Gasteiger partial charge in [0.25, 0.3) is 0 Å². The molecule has 2 aromatic rings. The summed E-state index contributed by atoms with van der Waals surface area (Å²) in [6, 6.07) is 18.2. The number of piperazine rings is 1. The molecule has 2 N–H and O–H groups in total. The number of benzene rings is 2. The molecule has 2 aliphatic rings. The van der Waals surface area contributed by atoms with Crippen molar-refractivity contribution >= 4 is 17.7 Å². The standard InChI is InChI=1S/C26H33N3O3/c1-29(17-15-27-16-18-29)26(32)28(22-7-3-2-4-8-22)19-20-11-13-21(14-12-20)23-9-5-6-10-24(23)25(30)31/h2-4,7-8,11-14,23-24,27H,5-6,9-10,15-19H2,1H3/p+1/t23-,24+/m1/s1. The van der Waals surface area contributed by atoms with Crippen LogP contribution in [-0.4, -0.2) is 54.8 Å². The zero-order valence-electron chi connectivity index (χ0n) is 18.9. The van der Waals surface area contributed by atoms with Crippen LogP contribution in [0.2, 0.25) is 0 Å². The fourth-order valence-corrected chi connectivity index (χ4v) is 5.13. The van der Waals surface area contributed by atoms with Crippen LogP contribution in [0.15, 0.2) is 54.6 Å². The molecule has 2 atom stereocenters. The Morgan fingerprint density at radius 2 is 1.66 bits per heavy atom. The van der Waals surface area contributed by atoms with Crippen molar-refractivity contribution < 1.29 is 19.2 Å². The Hall–Kier alpha value is -2.70. The van der Waals surface area contributed by atoms with Crippen LogP contribution in [0.5, 0.6) is 0 Å². The molecule has 32 heavy (non-hydrogen) atoms. The first kappa shape index (κ1) is 22.5. The number of likely N-dealkylation sites (N-methyl/N-ethyl adjacent to an activating group) is 1. The summed E-state index contributed by atoms with van der Waals surface area (Å²) < 4.78 is 0.391. The first-order valence-electron chi connectivity index (χ1n) is 11.7. The molecule has 1 heterocycles. The molecule has 0 spiro atoms. The van der Waals surface area contributed by atoms with Crippen molar-refractivity contribution in [3.05, 3.63) is 65.7 Å². The van der Waals surface area contributed by atoms with E-state index < -0.39 is 5.97 Å². The lowest BCUT2D eigenvalue weighted by atomic mass is 9.75. The number of carbonyl (C=O) groups is 2. The maximum Gasteiger partial charge on any atom is 0.423 e. The second-order valence-corrected chi connectivity index (χ2v) is 9.37. The lowest BCUT2D eigenvalue weighted by Gasteiger charge is -2.38. The molecule has 0 unspecified atom stereocenters. The minimum Gasteiger partial charge on any atom is -0.481 e. The molecule has 6 heteroatoms. The molecule has 6 nitrogen and oxygen atoms in total. The van der Waals surface area contributed by atoms with Crippen LogP contribution in [0.1, 0.15) is 42.7 Å². The Bertz CT molecular complexity index is 923. The van der Waals surface area contributed by atoms with Gasteiger partial charge in [0.15, 0.2) is 0 Å². The average molecular weight is 437 g/mol. The number of urea groups is 1. The van der Waals surface area contributed by atoms with Crippen molar-refractivity contribution in [2.75, 3.05) is 38.1 Å². The quantitative estimate of drug-likeness (QED) is 0.689. The second kappa shape index (κ2) is 9.84. The van der Waals surface area contributed by atoms with E-state index in [1.807, 2.05) is 42.3 Å². The number of nitrogens with zero attached hydrogens (tertiary/aromatic N) is 2. The number of nitrogens with one attached hydrogen (secondary N) is 1. The van der Waals surface area contributed by atoms with Crippen LogP contribution in [0.4, 0.5) is 10.5 Å². The van der Waals surface area contributed by atoms with Crippen molar-refractivity contribution in [3.8, 4) is 0 Å². The van der Waals surface area contributed by atoms with Gasteiger partial charge in [0.1, 0.15) is 0 Å². The summed E-state index contributed by atoms with van der Waals surface area (Å²) in [5.41, 5.74) is 3.05. The average Bonchev–Trinajstić information content (AvgIpc) is 2.83. The van der Waals surface area contributed by atoms with E-state index in [9.17, 15) is 14.7 Å². The van der Waals surface area contributed by atoms with Gasteiger partial charge in [-0.25, -0.2) is 9.28 Å². The van der Waals surface area contributed by atoms with Crippen LogP contribution in [0.25, 0.3) is 0 Å². The number of rotatable bonds is 5. The number of aliphatic carboxylic acids is 1. The molecule has 0 radical (unpaired) electrons. The largest absolute Gasteiger partial charge is 0.481 e. The number of carbonyl (C=O) groups excluding carboxylic acids is 1. The van der Waals surface area contributed by atoms with Gasteiger partial charge < -0.3 is 10.4 Å². The Labute approximate surface area is 190 Å². The summed E-state index contributed by atoms with van der Waals surface area (Å²) >= 11 is 0. The van der Waals surface area contributed by atoms with E-state index >= 15 is 0 Å². The highest BCUT2D eigenvalue weighted by atomic mass is 16.4. The van der Waals surface area contributed by atoms with Crippen LogP contribution < -0.4 is 10.2 Å². The summed E-state index contributed by atoms with van der Waals surface area (Å²) in [6.45, 7) is 3.73. The highest BCUT2D eigenvalue weighted by Gasteiger charge is 2.38. The molecule has 0 bridgehead atoms. The third kappa shape index (κ3) is 4.87. The molecular formula is C26H34N3O3+. The number of anilines is 1. The van der Waals surface area contributed by atoms with Crippen LogP contribution in [0.3, 0.4) is 0 Å². The topological polar surface area (TPSA) is 69.6 Å². The van der Waals surface area contributed by atoms with Crippen LogP contribution in [0, 0.1) is 5.92 Å². The fraction of sp³-hybridized carbons (Fsp3) is 0.462. The zero-order valence-corrected chi connectivity index (χ0v) is 18.9. The van der Waals surface area contributed by atoms with Crippen molar-refractivity contribution in [2.45, 2.75) is 38.1 Å². The summed E-state index contributed by atoms with van der Waals surface area (Å²) in [4.78, 5) is 27.3. The third-order valence-corrected chi connectivity index (χ3v) is 7.16. The van der Waals surface area contributed by atoms with E-state index in [0.29, 0.717) is 11.0 Å². The summed E-state index contributed by atoms with van der Waals surface area (Å²) in [5.74, 6) is -0.908. The van der Waals surface area contributed by atoms with E-state index in [0.717, 1.165) is 68.7 Å². The maximum atomic E-state index is 13.7. The number of para-hydroxylation sites is 1. The van der Waals surface area contributed by atoms with Gasteiger partial charge in [-0.3, -0.25) is 9.69 Å². The number of hydrogen-bond donors (Lipinski definition) is 2. The number of hydrogen-bond acceptors (Lipinski definition) is 3. The second-order valence-electron chi connectivity index (χ2n) is 9.37. The van der Waals surface area contributed by atoms with E-state index in [4.69, 9.17) is 0 Å². The monoisotopic (exact) mass is 436 g/mol. The smallest absolute Gasteiger partial charge is 0.423 e. The highest BCUT2D eigenvalue weighted by Crippen LogP contribution is 2.38. The molecule has 1 aliphatic heterocycles. The molecule has 0 aromatic heterocycles. The first-order chi connectivity index (χ1) is 15.5. The van der Waals surface area contributed by atoms with Gasteiger partial charge >= 0.3 is 12.0 Å². The predicted octanol–water partition coefficient (Wildman–Crippen LogP) is 4.22. The molecule has 170 valence electrons. The van der Waals surface area contributed by atoms with Gasteiger partial charge in [-0.1, -0.05) is 55.3 Å². The molecule has 2 fully saturated rings. The Morgan fingerprint density at radius 1 is 1.00 bits per heavy atom. The number of amides is 2. The van der Waals surface area contributed by atoms with Crippen molar-refractivity contribution in [3.63, 3.8) is 0 Å². The molecular weight excluding hydrogens is 402 g/mol. The molecule has 2 aromatic carbocycles. The van der Waals surface area contributed by atoms with E-state index in [-0.39, 0.29) is 17.9 Å². The Balaban J connectivity index is 1.56. The lowest BCUT2D eigenvalue weighted by molar-refractivity contribution is -0.831. The van der Waals surface area contributed by atoms with Gasteiger partial charge in [-0.05, 0) is 42.0 Å². The predicted molar refractivity (Wildman–Crippen MR) is 126 cm³/mol. The summed E-state index contributed by atoms with van der Waals surface area (Å²) in [5, 5.41) is 13.0. The van der Waals surface area contributed by atoms with Gasteiger partial charge in [-0.15, -0.1) is 0 Å². The Kier molecular flexibility index (Phi) is 6.92. The van der Waals surface area contributed by atoms with Crippen LogP contribution >= 0.6 is 0 Å². The molecule has 1 saturated heterocycles. The van der Waals surface area contributed by atoms with Crippen molar-refractivity contribution in [2.24, 2.45) is 5.92 Å². The molecule has 2 amide bonds. The van der Waals surface area contributed by atoms with E-state index in [1.165, 1.54) is 0 Å². The first-order valence-corrected chi connectivity index (χ1v) is 11.7. The zero-order chi connectivity index (χ0) is 22.6. The van der Waals surface area contributed by atoms with Crippen molar-refractivity contribution in [1.82, 2.24) is 5.32 Å². The Morgan fingerprint density at radius 3 is 2.31 bits per heavy atom. The molecule has 1 aliphatic carbocycles. The van der Waals surface area contributed by atoms with Gasteiger partial charge in [0.2, 0.25) is 0 Å². The van der Waals surface area contributed by atoms with Gasteiger partial charge in [0.05, 0.1) is 32.6 Å². The lowest BCUT2D eigenvalue weighted by Crippen LogP contribution is -2.63. The SMILES string of the molecule is C[N+]1(C(=O)N(Cc2ccc([C@H]3CCCC[C@@H]3C(=O)O)cc2)c2ccccc2)CCNCC1. The van der Waals surface area contributed by atoms with Gasteiger partial charge in [-0.2, -0.15) is 0 Å². The molecule has 1 saturated carbocycles. The highest BCUT2D eigenvalue weighted by molar-refractivity contribution is 5.87. The number of carboxylic acid groups (broad SMARTS) is 1. The van der Waals surface area contributed by atoms with Gasteiger partial charge in [0, 0.05) is 18.8 Å². The fourth-order valence-electron chi connectivity index (χ4n) is 5.13. The third-order valence-electron chi connectivity index (χ3n) is 7.16. The van der Waals surface area contributed by atoms with E-state index in [1.54, 1.807) is 0 Å². The minimum atomic E-state index is -0.687.